The Morgan fingerprint density at radius 1 is 1.25 bits per heavy atom. The third kappa shape index (κ3) is 3.77. The molecular formula is C25H29N3O3S. The zero-order valence-corrected chi connectivity index (χ0v) is 19.4. The highest BCUT2D eigenvalue weighted by atomic mass is 32.2. The van der Waals surface area contributed by atoms with Crippen molar-refractivity contribution in [2.24, 2.45) is 23.7 Å². The van der Waals surface area contributed by atoms with Gasteiger partial charge in [0.25, 0.3) is 0 Å². The van der Waals surface area contributed by atoms with Gasteiger partial charge in [-0.25, -0.2) is 12.7 Å². The maximum Gasteiger partial charge on any atom is 0.219 e. The molecule has 0 bridgehead atoms. The summed E-state index contributed by atoms with van der Waals surface area (Å²) >= 11 is 0. The van der Waals surface area contributed by atoms with Crippen LogP contribution in [0, 0.1) is 35.0 Å². The normalized spacial score (nSPS) is 32.0. The van der Waals surface area contributed by atoms with Crippen LogP contribution in [0.2, 0.25) is 0 Å². The molecule has 2 aliphatic rings. The first kappa shape index (κ1) is 22.7. The molecule has 1 N–H and O–H groups in total. The molecule has 1 saturated carbocycles. The lowest BCUT2D eigenvalue weighted by molar-refractivity contribution is 0.0819. The van der Waals surface area contributed by atoms with Gasteiger partial charge in [0.15, 0.2) is 0 Å². The molecule has 2 fully saturated rings. The van der Waals surface area contributed by atoms with Gasteiger partial charge in [0, 0.05) is 36.3 Å². The van der Waals surface area contributed by atoms with Crippen molar-refractivity contribution in [2.75, 3.05) is 13.7 Å². The molecule has 1 aliphatic heterocycles. The monoisotopic (exact) mass is 451 g/mol. The number of aromatic nitrogens is 1. The maximum atomic E-state index is 12.9. The molecule has 32 heavy (non-hydrogen) atoms. The van der Waals surface area contributed by atoms with E-state index >= 15 is 0 Å². The number of rotatable bonds is 4. The largest absolute Gasteiger partial charge is 0.395 e. The van der Waals surface area contributed by atoms with Crippen LogP contribution in [-0.2, 0) is 10.0 Å². The average Bonchev–Trinajstić information content (AvgIpc) is 2.99. The summed E-state index contributed by atoms with van der Waals surface area (Å²) in [7, 11) is -1.85. The molecule has 168 valence electrons. The third-order valence-electron chi connectivity index (χ3n) is 7.50. The van der Waals surface area contributed by atoms with Crippen LogP contribution >= 0.6 is 0 Å². The van der Waals surface area contributed by atoms with Gasteiger partial charge in [0.05, 0.1) is 23.9 Å². The Kier molecular flexibility index (Phi) is 6.22. The summed E-state index contributed by atoms with van der Waals surface area (Å²) in [5.74, 6) is 0.560. The number of aliphatic hydroxyl groups excluding tert-OH is 1. The number of hydrogen-bond acceptors (Lipinski definition) is 5. The molecule has 2 heterocycles. The fourth-order valence-electron chi connectivity index (χ4n) is 5.45. The van der Waals surface area contributed by atoms with Crippen molar-refractivity contribution in [2.45, 2.75) is 31.6 Å². The Morgan fingerprint density at radius 2 is 2.00 bits per heavy atom. The SMILES string of the molecule is C[C@H]1[C@H](C=Cc2ccc(-c3ccccc3C#N)cn2)[C@H]2[C@@H](C[C@@H]1C)N(C)S(=O)(=O)[C@@H]2CO. The predicted molar refractivity (Wildman–Crippen MR) is 125 cm³/mol. The topological polar surface area (TPSA) is 94.3 Å². The molecule has 1 saturated heterocycles. The number of hydrogen-bond donors (Lipinski definition) is 1. The highest BCUT2D eigenvalue weighted by molar-refractivity contribution is 7.90. The van der Waals surface area contributed by atoms with Crippen LogP contribution in [0.15, 0.2) is 48.7 Å². The minimum atomic E-state index is -3.50. The predicted octanol–water partition coefficient (Wildman–Crippen LogP) is 3.55. The number of sulfonamides is 1. The van der Waals surface area contributed by atoms with E-state index in [0.717, 1.165) is 23.2 Å². The highest BCUT2D eigenvalue weighted by Crippen LogP contribution is 2.49. The minimum Gasteiger partial charge on any atom is -0.395 e. The summed E-state index contributed by atoms with van der Waals surface area (Å²) < 4.78 is 27.2. The molecule has 0 unspecified atom stereocenters. The molecule has 0 spiro atoms. The van der Waals surface area contributed by atoms with Crippen molar-refractivity contribution >= 4 is 16.1 Å². The summed E-state index contributed by atoms with van der Waals surface area (Å²) in [6.07, 6.45) is 6.61. The van der Waals surface area contributed by atoms with Crippen molar-refractivity contribution < 1.29 is 13.5 Å². The van der Waals surface area contributed by atoms with Gasteiger partial charge < -0.3 is 5.11 Å². The van der Waals surface area contributed by atoms with Gasteiger partial charge in [-0.1, -0.05) is 44.2 Å². The van der Waals surface area contributed by atoms with E-state index in [1.807, 2.05) is 36.4 Å². The number of benzene rings is 1. The molecule has 1 aromatic carbocycles. The first-order valence-electron chi connectivity index (χ1n) is 11.0. The molecule has 0 amide bonds. The van der Waals surface area contributed by atoms with Crippen LogP contribution in [-0.4, -0.2) is 47.8 Å². The fraction of sp³-hybridized carbons (Fsp3) is 0.440. The Hall–Kier alpha value is -2.53. The van der Waals surface area contributed by atoms with Crippen LogP contribution in [0.25, 0.3) is 17.2 Å². The smallest absolute Gasteiger partial charge is 0.219 e. The lowest BCUT2D eigenvalue weighted by atomic mass is 9.64. The van der Waals surface area contributed by atoms with E-state index in [2.05, 4.69) is 31.0 Å². The molecule has 1 aromatic heterocycles. The molecule has 6 nitrogen and oxygen atoms in total. The molecule has 0 radical (unpaired) electrons. The Balaban J connectivity index is 1.62. The highest BCUT2D eigenvalue weighted by Gasteiger charge is 2.56. The van der Waals surface area contributed by atoms with E-state index in [1.54, 1.807) is 19.3 Å². The third-order valence-corrected chi connectivity index (χ3v) is 9.80. The standard InChI is InChI=1S/C25H29N3O3S/c1-16-12-23-25(24(15-29)32(30,31)28(23)3)21(17(16)2)11-10-20-9-8-19(14-27-20)22-7-5-4-6-18(22)13-26/h4-11,14,16-17,21,23-25,29H,12,15H2,1-3H3/t16-,17+,21-,23+,24+,25-/m0/s1. The van der Waals surface area contributed by atoms with E-state index in [9.17, 15) is 18.8 Å². The molecule has 6 atom stereocenters. The molecule has 7 heteroatoms. The fourth-order valence-corrected chi connectivity index (χ4v) is 7.43. The van der Waals surface area contributed by atoms with E-state index in [1.165, 1.54) is 4.31 Å². The van der Waals surface area contributed by atoms with Gasteiger partial charge in [-0.05, 0) is 42.4 Å². The van der Waals surface area contributed by atoms with E-state index < -0.39 is 15.3 Å². The van der Waals surface area contributed by atoms with E-state index in [0.29, 0.717) is 17.4 Å². The van der Waals surface area contributed by atoms with Crippen molar-refractivity contribution in [1.29, 1.82) is 5.26 Å². The Bertz CT molecular complexity index is 1150. The van der Waals surface area contributed by atoms with Gasteiger partial charge >= 0.3 is 0 Å². The maximum absolute atomic E-state index is 12.9. The number of fused-ring (bicyclic) bond motifs is 1. The quantitative estimate of drug-likeness (QED) is 0.767. The van der Waals surface area contributed by atoms with Gasteiger partial charge in [0.1, 0.15) is 5.25 Å². The van der Waals surface area contributed by atoms with Gasteiger partial charge in [0.2, 0.25) is 10.0 Å². The summed E-state index contributed by atoms with van der Waals surface area (Å²) in [5, 5.41) is 18.5. The van der Waals surface area contributed by atoms with Crippen LogP contribution in [0.5, 0.6) is 0 Å². The molecule has 2 aromatic rings. The zero-order valence-electron chi connectivity index (χ0n) is 18.6. The minimum absolute atomic E-state index is 0.0291. The summed E-state index contributed by atoms with van der Waals surface area (Å²) in [4.78, 5) is 4.55. The second-order valence-corrected chi connectivity index (χ2v) is 11.3. The lowest BCUT2D eigenvalue weighted by Gasteiger charge is -2.42. The lowest BCUT2D eigenvalue weighted by Crippen LogP contribution is -2.45. The summed E-state index contributed by atoms with van der Waals surface area (Å²) in [6, 6.07) is 13.4. The molecule has 4 rings (SSSR count). The second-order valence-electron chi connectivity index (χ2n) is 9.06. The van der Waals surface area contributed by atoms with Gasteiger partial charge in [-0.3, -0.25) is 4.98 Å². The Labute approximate surface area is 190 Å². The number of aliphatic hydroxyl groups is 1. The van der Waals surface area contributed by atoms with Crippen molar-refractivity contribution in [1.82, 2.24) is 9.29 Å². The summed E-state index contributed by atoms with van der Waals surface area (Å²) in [6.45, 7) is 3.99. The molecular weight excluding hydrogens is 422 g/mol. The number of nitrogens with zero attached hydrogens (tertiary/aromatic N) is 3. The van der Waals surface area contributed by atoms with E-state index in [4.69, 9.17) is 0 Å². The van der Waals surface area contributed by atoms with Crippen molar-refractivity contribution in [3.63, 3.8) is 0 Å². The first-order chi connectivity index (χ1) is 15.3. The van der Waals surface area contributed by atoms with Crippen LogP contribution in [0.1, 0.15) is 31.5 Å². The summed E-state index contributed by atoms with van der Waals surface area (Å²) in [5.41, 5.74) is 3.11. The zero-order chi connectivity index (χ0) is 23.0. The van der Waals surface area contributed by atoms with Crippen LogP contribution in [0.3, 0.4) is 0 Å². The Morgan fingerprint density at radius 3 is 2.66 bits per heavy atom. The molecule has 1 aliphatic carbocycles. The van der Waals surface area contributed by atoms with Crippen molar-refractivity contribution in [3.8, 4) is 17.2 Å². The van der Waals surface area contributed by atoms with Crippen molar-refractivity contribution in [3.05, 3.63) is 59.9 Å². The van der Waals surface area contributed by atoms with Crippen LogP contribution < -0.4 is 0 Å². The number of allylic oxidation sites excluding steroid dienone is 1. The number of pyridine rings is 1. The van der Waals surface area contributed by atoms with Gasteiger partial charge in [-0.2, -0.15) is 5.26 Å². The van der Waals surface area contributed by atoms with Gasteiger partial charge in [-0.15, -0.1) is 0 Å². The average molecular weight is 452 g/mol. The second kappa shape index (κ2) is 8.78. The number of nitriles is 1. The first-order valence-corrected chi connectivity index (χ1v) is 12.5. The van der Waals surface area contributed by atoms with E-state index in [-0.39, 0.29) is 24.5 Å². The van der Waals surface area contributed by atoms with Crippen LogP contribution in [0.4, 0.5) is 0 Å².